The van der Waals surface area contributed by atoms with Crippen molar-refractivity contribution in [2.24, 2.45) is 0 Å². The van der Waals surface area contributed by atoms with Gasteiger partial charge in [-0.25, -0.2) is 4.39 Å². The molecule has 0 bridgehead atoms. The first-order valence-electron chi connectivity index (χ1n) is 4.22. The molecule has 13 heavy (non-hydrogen) atoms. The molecule has 0 aromatic heterocycles. The summed E-state index contributed by atoms with van der Waals surface area (Å²) in [6.07, 6.45) is 0. The third-order valence-corrected chi connectivity index (χ3v) is 3.43. The molecule has 0 heterocycles. The van der Waals surface area contributed by atoms with Crippen molar-refractivity contribution in [2.45, 2.75) is 19.6 Å². The summed E-state index contributed by atoms with van der Waals surface area (Å²) in [4.78, 5) is 11.7. The summed E-state index contributed by atoms with van der Waals surface area (Å²) in [5.74, 6) is -0.407. The van der Waals surface area contributed by atoms with Crippen molar-refractivity contribution in [3.8, 4) is 0 Å². The van der Waals surface area contributed by atoms with E-state index in [4.69, 9.17) is 0 Å². The largest absolute Gasteiger partial charge is 0.300 e. The Hall–Kier alpha value is -0.963. The van der Waals surface area contributed by atoms with Gasteiger partial charge >= 0.3 is 0 Å². The topological polar surface area (TPSA) is 17.1 Å². The van der Waals surface area contributed by atoms with E-state index in [0.717, 1.165) is 0 Å². The van der Waals surface area contributed by atoms with Crippen molar-refractivity contribution < 1.29 is 9.18 Å². The van der Waals surface area contributed by atoms with Gasteiger partial charge in [-0.05, 0) is 12.1 Å². The second-order valence-corrected chi connectivity index (χ2v) is 9.01. The van der Waals surface area contributed by atoms with E-state index in [1.54, 1.807) is 18.2 Å². The molecule has 0 N–H and O–H groups in total. The Kier molecular flexibility index (Phi) is 2.66. The number of carbonyl (C=O) groups excluding carboxylic acids is 1. The van der Waals surface area contributed by atoms with Crippen molar-refractivity contribution in [1.82, 2.24) is 0 Å². The summed E-state index contributed by atoms with van der Waals surface area (Å²) < 4.78 is 13.2. The van der Waals surface area contributed by atoms with Crippen LogP contribution in [-0.4, -0.2) is 13.5 Å². The van der Waals surface area contributed by atoms with Crippen LogP contribution in [0.15, 0.2) is 24.3 Å². The number of rotatable bonds is 2. The van der Waals surface area contributed by atoms with Crippen LogP contribution in [-0.2, 0) is 0 Å². The van der Waals surface area contributed by atoms with E-state index < -0.39 is 13.9 Å². The molecule has 1 rings (SSSR count). The molecule has 0 unspecified atom stereocenters. The van der Waals surface area contributed by atoms with Gasteiger partial charge in [0.1, 0.15) is 19.3 Å². The van der Waals surface area contributed by atoms with Crippen molar-refractivity contribution in [2.75, 3.05) is 0 Å². The summed E-state index contributed by atoms with van der Waals surface area (Å²) in [6.45, 7) is 5.76. The maximum absolute atomic E-state index is 13.2. The third-order valence-electron chi connectivity index (χ3n) is 1.80. The van der Waals surface area contributed by atoms with Gasteiger partial charge in [0.2, 0.25) is 0 Å². The average molecular weight is 196 g/mol. The Morgan fingerprint density at radius 1 is 1.23 bits per heavy atom. The molecular formula is C10H13FOSi. The van der Waals surface area contributed by atoms with Crippen LogP contribution >= 0.6 is 0 Å². The van der Waals surface area contributed by atoms with Crippen LogP contribution in [0, 0.1) is 5.82 Å². The minimum absolute atomic E-state index is 0.0226. The standard InChI is InChI=1S/C10H13FOSi/c1-13(2,3)10(12)8-6-4-5-7-9(8)11/h4-7H,1-3H3. The number of hydrogen-bond acceptors (Lipinski definition) is 1. The third kappa shape index (κ3) is 2.25. The van der Waals surface area contributed by atoms with E-state index >= 15 is 0 Å². The molecule has 0 atom stereocenters. The first-order chi connectivity index (χ1) is 5.93. The van der Waals surface area contributed by atoms with Gasteiger partial charge in [-0.1, -0.05) is 31.8 Å². The molecule has 0 radical (unpaired) electrons. The van der Waals surface area contributed by atoms with Crippen LogP contribution in [0.5, 0.6) is 0 Å². The van der Waals surface area contributed by atoms with E-state index in [0.29, 0.717) is 0 Å². The summed E-state index contributed by atoms with van der Waals surface area (Å²) >= 11 is 0. The average Bonchev–Trinajstić information content (AvgIpc) is 2.02. The van der Waals surface area contributed by atoms with Gasteiger partial charge in [-0.2, -0.15) is 0 Å². The van der Waals surface area contributed by atoms with Crippen LogP contribution < -0.4 is 0 Å². The molecule has 0 saturated heterocycles. The lowest BCUT2D eigenvalue weighted by atomic mass is 10.2. The summed E-state index contributed by atoms with van der Waals surface area (Å²) in [7, 11) is -1.91. The number of carbonyl (C=O) groups is 1. The predicted octanol–water partition coefficient (Wildman–Crippen LogP) is 2.89. The number of benzene rings is 1. The Morgan fingerprint density at radius 3 is 2.23 bits per heavy atom. The molecule has 1 nitrogen and oxygen atoms in total. The van der Waals surface area contributed by atoms with Gasteiger partial charge in [0.25, 0.3) is 0 Å². The molecule has 0 aliphatic rings. The Labute approximate surface area is 78.6 Å². The van der Waals surface area contributed by atoms with E-state index in [1.165, 1.54) is 6.07 Å². The minimum Gasteiger partial charge on any atom is -0.300 e. The van der Waals surface area contributed by atoms with Crippen molar-refractivity contribution in [3.63, 3.8) is 0 Å². The van der Waals surface area contributed by atoms with E-state index in [-0.39, 0.29) is 11.0 Å². The SMILES string of the molecule is C[Si](C)(C)C(=O)c1ccccc1F. The van der Waals surface area contributed by atoms with Crippen LogP contribution in [0.3, 0.4) is 0 Å². The van der Waals surface area contributed by atoms with Crippen molar-refractivity contribution in [3.05, 3.63) is 35.6 Å². The highest BCUT2D eigenvalue weighted by molar-refractivity contribution is 7.05. The second-order valence-electron chi connectivity index (χ2n) is 4.06. The molecule has 0 amide bonds. The van der Waals surface area contributed by atoms with Gasteiger partial charge in [-0.15, -0.1) is 0 Å². The zero-order valence-corrected chi connectivity index (χ0v) is 9.10. The van der Waals surface area contributed by atoms with Gasteiger partial charge < -0.3 is 0 Å². The van der Waals surface area contributed by atoms with Crippen LogP contribution in [0.4, 0.5) is 4.39 Å². The fraction of sp³-hybridized carbons (Fsp3) is 0.300. The van der Waals surface area contributed by atoms with Crippen molar-refractivity contribution >= 4 is 13.5 Å². The summed E-state index contributed by atoms with van der Waals surface area (Å²) in [5, 5.41) is -0.0226. The fourth-order valence-electron chi connectivity index (χ4n) is 1.05. The molecule has 1 aromatic carbocycles. The Bertz CT molecular complexity index is 328. The highest BCUT2D eigenvalue weighted by Gasteiger charge is 2.27. The van der Waals surface area contributed by atoms with Crippen LogP contribution in [0.25, 0.3) is 0 Å². The molecular weight excluding hydrogens is 183 g/mol. The zero-order valence-electron chi connectivity index (χ0n) is 8.10. The van der Waals surface area contributed by atoms with E-state index in [9.17, 15) is 9.18 Å². The summed E-state index contributed by atoms with van der Waals surface area (Å²) in [6, 6.07) is 6.16. The van der Waals surface area contributed by atoms with Gasteiger partial charge in [0.05, 0.1) is 0 Å². The van der Waals surface area contributed by atoms with E-state index in [2.05, 4.69) is 0 Å². The molecule has 0 spiro atoms. The smallest absolute Gasteiger partial charge is 0.142 e. The molecule has 3 heteroatoms. The highest BCUT2D eigenvalue weighted by Crippen LogP contribution is 2.14. The Morgan fingerprint density at radius 2 is 1.77 bits per heavy atom. The first-order valence-corrected chi connectivity index (χ1v) is 7.72. The molecule has 0 aliphatic heterocycles. The van der Waals surface area contributed by atoms with Crippen molar-refractivity contribution in [1.29, 1.82) is 0 Å². The maximum Gasteiger partial charge on any atom is 0.142 e. The second kappa shape index (κ2) is 3.42. The zero-order chi connectivity index (χ0) is 10.1. The monoisotopic (exact) mass is 196 g/mol. The normalized spacial score (nSPS) is 11.4. The van der Waals surface area contributed by atoms with Gasteiger partial charge in [-0.3, -0.25) is 4.79 Å². The van der Waals surface area contributed by atoms with Crippen LogP contribution in [0.2, 0.25) is 19.6 Å². The van der Waals surface area contributed by atoms with Crippen LogP contribution in [0.1, 0.15) is 10.4 Å². The van der Waals surface area contributed by atoms with Gasteiger partial charge in [0.15, 0.2) is 0 Å². The molecule has 70 valence electrons. The quantitative estimate of drug-likeness (QED) is 0.665. The fourth-order valence-corrected chi connectivity index (χ4v) is 2.06. The number of halogens is 1. The highest BCUT2D eigenvalue weighted by atomic mass is 28.3. The maximum atomic E-state index is 13.2. The predicted molar refractivity (Wildman–Crippen MR) is 54.1 cm³/mol. The lowest BCUT2D eigenvalue weighted by Crippen LogP contribution is -2.33. The Balaban J connectivity index is 3.10. The lowest BCUT2D eigenvalue weighted by molar-refractivity contribution is 0.106. The molecule has 0 aliphatic carbocycles. The molecule has 1 aromatic rings. The first kappa shape index (κ1) is 10.1. The summed E-state index contributed by atoms with van der Waals surface area (Å²) in [5.41, 5.74) is 0.238. The molecule has 0 fully saturated rings. The van der Waals surface area contributed by atoms with Gasteiger partial charge in [0, 0.05) is 5.56 Å². The molecule has 0 saturated carbocycles. The lowest BCUT2D eigenvalue weighted by Gasteiger charge is -2.14. The number of hydrogen-bond donors (Lipinski definition) is 0. The minimum atomic E-state index is -1.91. The van der Waals surface area contributed by atoms with E-state index in [1.807, 2.05) is 19.6 Å².